The molecule has 0 bridgehead atoms. The molecule has 0 radical (unpaired) electrons. The van der Waals surface area contributed by atoms with Crippen LogP contribution in [0.4, 0.5) is 13.2 Å². The minimum Gasteiger partial charge on any atom is -0.295 e. The minimum absolute atomic E-state index is 0.0748. The van der Waals surface area contributed by atoms with Gasteiger partial charge in [0.05, 0.1) is 17.2 Å². The van der Waals surface area contributed by atoms with Crippen molar-refractivity contribution in [3.05, 3.63) is 59.2 Å². The summed E-state index contributed by atoms with van der Waals surface area (Å²) in [5.74, 6) is -0.553. The third-order valence-electron chi connectivity index (χ3n) is 4.40. The van der Waals surface area contributed by atoms with E-state index in [4.69, 9.17) is 5.26 Å². The number of ketones is 1. The molecule has 0 aliphatic heterocycles. The summed E-state index contributed by atoms with van der Waals surface area (Å²) < 4.78 is 41.0. The molecule has 0 fully saturated rings. The lowest BCUT2D eigenvalue weighted by Crippen LogP contribution is -2.11. The van der Waals surface area contributed by atoms with E-state index in [0.717, 1.165) is 6.07 Å². The number of hydrogen-bond acceptors (Lipinski definition) is 3. The molecule has 0 aliphatic rings. The predicted octanol–water partition coefficient (Wildman–Crippen LogP) is 6.55. The first-order valence-electron chi connectivity index (χ1n) is 8.78. The molecule has 0 aromatic heterocycles. The van der Waals surface area contributed by atoms with Crippen molar-refractivity contribution in [3.8, 4) is 17.2 Å². The summed E-state index contributed by atoms with van der Waals surface area (Å²) in [6.07, 6.45) is -3.03. The average molecular weight is 403 g/mol. The molecule has 0 amide bonds. The largest absolute Gasteiger partial charge is 0.417 e. The van der Waals surface area contributed by atoms with Gasteiger partial charge in [0.2, 0.25) is 0 Å². The first-order valence-corrected chi connectivity index (χ1v) is 9.23. The number of benzene rings is 2. The Bertz CT molecular complexity index is 951. The number of halogens is 3. The van der Waals surface area contributed by atoms with Crippen LogP contribution in [0.1, 0.15) is 43.9 Å². The highest BCUT2D eigenvalue weighted by molar-refractivity contribution is 7.80. The number of carbonyl (C=O) groups excluding carboxylic acids is 1. The van der Waals surface area contributed by atoms with Gasteiger partial charge in [-0.15, -0.1) is 12.6 Å². The highest BCUT2D eigenvalue weighted by atomic mass is 32.1. The van der Waals surface area contributed by atoms with Gasteiger partial charge in [0.25, 0.3) is 0 Å². The molecule has 0 saturated carbocycles. The van der Waals surface area contributed by atoms with E-state index in [-0.39, 0.29) is 28.6 Å². The van der Waals surface area contributed by atoms with Gasteiger partial charge in [-0.2, -0.15) is 18.4 Å². The topological polar surface area (TPSA) is 40.9 Å². The molecule has 0 atom stereocenters. The number of nitriles is 1. The second-order valence-corrected chi connectivity index (χ2v) is 7.10. The third-order valence-corrected chi connectivity index (χ3v) is 4.86. The van der Waals surface area contributed by atoms with Crippen LogP contribution in [0.5, 0.6) is 0 Å². The van der Waals surface area contributed by atoms with E-state index in [9.17, 15) is 18.0 Å². The molecule has 0 spiro atoms. The van der Waals surface area contributed by atoms with E-state index >= 15 is 0 Å². The van der Waals surface area contributed by atoms with Crippen LogP contribution in [0, 0.1) is 17.2 Å². The standard InChI is InChI=1S/C22H20F3NOS/c1-4-15(11-19(27)13(2)3)20-18(22(23,24)25)10-9-17(21(20)28)16-7-5-14(12-26)6-8-16/h5-11,13,28H,4H2,1-3H3/b15-11+. The monoisotopic (exact) mass is 403 g/mol. The molecule has 0 aliphatic carbocycles. The molecule has 146 valence electrons. The average Bonchev–Trinajstić information content (AvgIpc) is 2.65. The molecule has 0 saturated heterocycles. The van der Waals surface area contributed by atoms with Crippen molar-refractivity contribution in [2.24, 2.45) is 5.92 Å². The molecule has 0 unspecified atom stereocenters. The van der Waals surface area contributed by atoms with Gasteiger partial charge in [-0.1, -0.05) is 39.0 Å². The quantitative estimate of drug-likeness (QED) is 0.454. The Morgan fingerprint density at radius 1 is 1.18 bits per heavy atom. The first kappa shape index (κ1) is 21.8. The Morgan fingerprint density at radius 2 is 1.79 bits per heavy atom. The number of rotatable bonds is 5. The van der Waals surface area contributed by atoms with Crippen molar-refractivity contribution in [1.29, 1.82) is 5.26 Å². The van der Waals surface area contributed by atoms with E-state index in [2.05, 4.69) is 12.6 Å². The predicted molar refractivity (Wildman–Crippen MR) is 107 cm³/mol. The Balaban J connectivity index is 2.76. The zero-order valence-electron chi connectivity index (χ0n) is 15.8. The van der Waals surface area contributed by atoms with Gasteiger partial charge in [0, 0.05) is 16.4 Å². The fourth-order valence-electron chi connectivity index (χ4n) is 2.80. The minimum atomic E-state index is -4.58. The van der Waals surface area contributed by atoms with Crippen molar-refractivity contribution in [2.45, 2.75) is 38.3 Å². The van der Waals surface area contributed by atoms with Gasteiger partial charge in [-0.25, -0.2) is 0 Å². The van der Waals surface area contributed by atoms with E-state index in [0.29, 0.717) is 22.3 Å². The number of carbonyl (C=O) groups is 1. The van der Waals surface area contributed by atoms with Gasteiger partial charge >= 0.3 is 6.18 Å². The summed E-state index contributed by atoms with van der Waals surface area (Å²) in [4.78, 5) is 12.3. The fraction of sp³-hybridized carbons (Fsp3) is 0.273. The zero-order chi connectivity index (χ0) is 21.1. The summed E-state index contributed by atoms with van der Waals surface area (Å²) in [6, 6.07) is 10.9. The van der Waals surface area contributed by atoms with Crippen molar-refractivity contribution >= 4 is 24.0 Å². The van der Waals surface area contributed by atoms with Gasteiger partial charge in [-0.05, 0) is 47.4 Å². The summed E-state index contributed by atoms with van der Waals surface area (Å²) >= 11 is 4.42. The molecule has 6 heteroatoms. The van der Waals surface area contributed by atoms with Crippen molar-refractivity contribution < 1.29 is 18.0 Å². The number of nitrogens with zero attached hydrogens (tertiary/aromatic N) is 1. The van der Waals surface area contributed by atoms with Crippen LogP contribution in [-0.4, -0.2) is 5.78 Å². The Morgan fingerprint density at radius 3 is 2.25 bits per heavy atom. The summed E-state index contributed by atoms with van der Waals surface area (Å²) in [5.41, 5.74) is 1.00. The maximum absolute atomic E-state index is 13.7. The van der Waals surface area contributed by atoms with E-state index < -0.39 is 11.7 Å². The number of hydrogen-bond donors (Lipinski definition) is 1. The highest BCUT2D eigenvalue weighted by Crippen LogP contribution is 2.42. The summed E-state index contributed by atoms with van der Waals surface area (Å²) in [7, 11) is 0. The zero-order valence-corrected chi connectivity index (χ0v) is 16.7. The number of allylic oxidation sites excluding steroid dienone is 2. The van der Waals surface area contributed by atoms with Gasteiger partial charge in [-0.3, -0.25) is 4.79 Å². The molecular weight excluding hydrogens is 383 g/mol. The Kier molecular flexibility index (Phi) is 6.73. The van der Waals surface area contributed by atoms with Crippen LogP contribution in [0.3, 0.4) is 0 Å². The first-order chi connectivity index (χ1) is 13.1. The maximum Gasteiger partial charge on any atom is 0.417 e. The van der Waals surface area contributed by atoms with Crippen LogP contribution >= 0.6 is 12.6 Å². The lowest BCUT2D eigenvalue weighted by molar-refractivity contribution is -0.138. The summed E-state index contributed by atoms with van der Waals surface area (Å²) in [6.45, 7) is 5.11. The second-order valence-electron chi connectivity index (χ2n) is 6.65. The molecule has 2 aromatic carbocycles. The Hall–Kier alpha value is -2.52. The lowest BCUT2D eigenvalue weighted by Gasteiger charge is -2.20. The lowest BCUT2D eigenvalue weighted by atomic mass is 9.91. The molecule has 2 nitrogen and oxygen atoms in total. The van der Waals surface area contributed by atoms with Crippen molar-refractivity contribution in [1.82, 2.24) is 0 Å². The molecule has 2 rings (SSSR count). The van der Waals surface area contributed by atoms with Crippen LogP contribution < -0.4 is 0 Å². The number of thiol groups is 1. The molecule has 0 heterocycles. The molecular formula is C22H20F3NOS. The smallest absolute Gasteiger partial charge is 0.295 e. The SMILES string of the molecule is CC/C(=C\C(=O)C(C)C)c1c(C(F)(F)F)ccc(-c2ccc(C#N)cc2)c1S. The van der Waals surface area contributed by atoms with Crippen LogP contribution in [0.15, 0.2) is 47.4 Å². The Labute approximate surface area is 168 Å². The van der Waals surface area contributed by atoms with E-state index in [1.807, 2.05) is 6.07 Å². The van der Waals surface area contributed by atoms with Gasteiger partial charge < -0.3 is 0 Å². The fourth-order valence-corrected chi connectivity index (χ4v) is 3.27. The van der Waals surface area contributed by atoms with Crippen molar-refractivity contribution in [3.63, 3.8) is 0 Å². The van der Waals surface area contributed by atoms with Crippen LogP contribution in [0.2, 0.25) is 0 Å². The molecule has 28 heavy (non-hydrogen) atoms. The van der Waals surface area contributed by atoms with Crippen LogP contribution in [-0.2, 0) is 11.0 Å². The normalized spacial score (nSPS) is 12.2. The highest BCUT2D eigenvalue weighted by Gasteiger charge is 2.35. The van der Waals surface area contributed by atoms with Crippen molar-refractivity contribution in [2.75, 3.05) is 0 Å². The van der Waals surface area contributed by atoms with Gasteiger partial charge in [0.1, 0.15) is 0 Å². The number of alkyl halides is 3. The molecule has 0 N–H and O–H groups in total. The van der Waals surface area contributed by atoms with E-state index in [1.54, 1.807) is 45.0 Å². The third kappa shape index (κ3) is 4.66. The van der Waals surface area contributed by atoms with E-state index in [1.165, 1.54) is 12.1 Å². The maximum atomic E-state index is 13.7. The second kappa shape index (κ2) is 8.66. The molecule has 2 aromatic rings. The van der Waals surface area contributed by atoms with Gasteiger partial charge in [0.15, 0.2) is 5.78 Å². The van der Waals surface area contributed by atoms with Crippen LogP contribution in [0.25, 0.3) is 16.7 Å². The summed E-state index contributed by atoms with van der Waals surface area (Å²) in [5, 5.41) is 8.93.